The number of nitrogens with zero attached hydrogens (tertiary/aromatic N) is 1. The van der Waals surface area contributed by atoms with Crippen molar-refractivity contribution < 1.29 is 26.3 Å². The van der Waals surface area contributed by atoms with E-state index in [0.29, 0.717) is 21.8 Å². The van der Waals surface area contributed by atoms with Gasteiger partial charge >= 0.3 is 0 Å². The average Bonchev–Trinajstić information content (AvgIpc) is 3.44. The number of ether oxygens (including phenoxy) is 2. The molecule has 0 atom stereocenters. The number of hydrogen-bond donors (Lipinski definition) is 0. The summed E-state index contributed by atoms with van der Waals surface area (Å²) < 4.78 is 55.2. The van der Waals surface area contributed by atoms with Crippen LogP contribution >= 0.6 is 23.2 Å². The van der Waals surface area contributed by atoms with Crippen molar-refractivity contribution in [2.75, 3.05) is 26.2 Å². The first-order valence-corrected chi connectivity index (χ1v) is 29.8. The third kappa shape index (κ3) is 26.4. The molecule has 11 heteroatoms. The molecule has 0 fully saturated rings. The molecule has 0 saturated carbocycles. The van der Waals surface area contributed by atoms with Gasteiger partial charge in [-0.15, -0.1) is 0 Å². The second-order valence-electron chi connectivity index (χ2n) is 17.5. The Labute approximate surface area is 462 Å². The molecule has 0 heterocycles. The first kappa shape index (κ1) is 67.1. The predicted octanol–water partition coefficient (Wildman–Crippen LogP) is 17.3. The molecule has 7 aromatic rings. The summed E-state index contributed by atoms with van der Waals surface area (Å²) in [4.78, 5) is 0.696. The largest absolute Gasteiger partial charge is 0.497 e. The highest BCUT2D eigenvalue weighted by molar-refractivity contribution is 7.91. The molecule has 7 nitrogen and oxygen atoms in total. The molecule has 75 heavy (non-hydrogen) atoms. The Morgan fingerprint density at radius 1 is 0.493 bits per heavy atom. The Balaban J connectivity index is 0.000000439. The molecule has 7 rings (SSSR count). The number of para-hydroxylation sites is 1. The standard InChI is InChI=1S/C10H14O2S.C9H11ClO2S.C9H11Cl.C9H9N.2C9H12O.C9H12/c1-3-9-5-7-10(8-6-9)13(11,12)4-2;1-3-7-4-5-8(6-9(7)10)13(2,11)12;1-7(2)8-3-5-9(10)6-4-8;1-2-8-5-3-4-6-9(8)7-10;1-3-8-4-6-9(10-2)7-5-8;1-3-8-6-4-5-7-9(8)10-2;1-8(2)9-6-4-3-5-7-9/h5-8H,3-4H2,1-2H3;4-6H,3H2,1-2H3;3-7H,1-2H3;3-6H,2H2,1H3;2*4-7H,3H2,1-2H3;3-8H,1-2H3. The number of aryl methyl sites for hydroxylation is 5. The fourth-order valence-corrected chi connectivity index (χ4v) is 8.66. The van der Waals surface area contributed by atoms with Crippen LogP contribution in [0, 0.1) is 11.3 Å². The lowest BCUT2D eigenvalue weighted by Gasteiger charge is -2.03. The molecule has 0 saturated heterocycles. The van der Waals surface area contributed by atoms with E-state index in [9.17, 15) is 16.8 Å². The van der Waals surface area contributed by atoms with Crippen LogP contribution in [-0.4, -0.2) is 43.1 Å². The summed E-state index contributed by atoms with van der Waals surface area (Å²) in [5.41, 5.74) is 9.42. The van der Waals surface area contributed by atoms with E-state index < -0.39 is 19.7 Å². The van der Waals surface area contributed by atoms with Gasteiger partial charge in [0.05, 0.1) is 41.4 Å². The van der Waals surface area contributed by atoms with Crippen molar-refractivity contribution in [3.63, 3.8) is 0 Å². The molecule has 0 aromatic heterocycles. The van der Waals surface area contributed by atoms with Crippen LogP contribution in [0.3, 0.4) is 0 Å². The zero-order valence-corrected chi connectivity index (χ0v) is 49.7. The van der Waals surface area contributed by atoms with Gasteiger partial charge < -0.3 is 9.47 Å². The minimum atomic E-state index is -3.13. The first-order chi connectivity index (χ1) is 35.7. The van der Waals surface area contributed by atoms with Crippen molar-refractivity contribution in [2.24, 2.45) is 0 Å². The van der Waals surface area contributed by atoms with Gasteiger partial charge in [-0.25, -0.2) is 16.8 Å². The van der Waals surface area contributed by atoms with E-state index >= 15 is 0 Å². The second kappa shape index (κ2) is 37.0. The zero-order chi connectivity index (χ0) is 56.4. The van der Waals surface area contributed by atoms with Gasteiger partial charge in [0.15, 0.2) is 19.7 Å². The first-order valence-electron chi connectivity index (χ1n) is 25.5. The molecule has 0 spiro atoms. The molecule has 7 aromatic carbocycles. The predicted molar refractivity (Wildman–Crippen MR) is 319 cm³/mol. The van der Waals surface area contributed by atoms with Crippen LogP contribution in [0.2, 0.25) is 10.0 Å². The van der Waals surface area contributed by atoms with E-state index in [2.05, 4.69) is 109 Å². The SMILES string of the molecule is CC(C)c1ccc(Cl)cc1.CC(C)c1ccccc1.CCc1ccc(OC)cc1.CCc1ccc(S(=O)(=O)CC)cc1.CCc1ccc(S(C)(=O)=O)cc1Cl.CCc1ccccc1C#N.CCc1ccccc1OC. The lowest BCUT2D eigenvalue weighted by Crippen LogP contribution is -2.03. The topological polar surface area (TPSA) is 111 Å². The third-order valence-corrected chi connectivity index (χ3v) is 15.0. The van der Waals surface area contributed by atoms with Gasteiger partial charge in [0.1, 0.15) is 11.5 Å². The van der Waals surface area contributed by atoms with Gasteiger partial charge in [0, 0.05) is 16.3 Å². The van der Waals surface area contributed by atoms with Gasteiger partial charge in [0.2, 0.25) is 0 Å². The fourth-order valence-electron chi connectivity index (χ4n) is 6.62. The van der Waals surface area contributed by atoms with Gasteiger partial charge in [-0.1, -0.05) is 202 Å². The molecule has 0 aliphatic heterocycles. The second-order valence-corrected chi connectivity index (χ2v) is 22.7. The lowest BCUT2D eigenvalue weighted by atomic mass is 10.0. The fraction of sp³-hybridized carbons (Fsp3) is 0.328. The van der Waals surface area contributed by atoms with Crippen LogP contribution < -0.4 is 9.47 Å². The van der Waals surface area contributed by atoms with E-state index in [1.165, 1.54) is 34.6 Å². The number of methoxy groups -OCH3 is 2. The molecule has 404 valence electrons. The van der Waals surface area contributed by atoms with Crippen LogP contribution in [0.5, 0.6) is 11.5 Å². The van der Waals surface area contributed by atoms with E-state index in [4.69, 9.17) is 37.9 Å². The number of halogens is 2. The monoisotopic (exact) mass is 1090 g/mol. The van der Waals surface area contributed by atoms with Crippen molar-refractivity contribution in [1.82, 2.24) is 0 Å². The molecular formula is C64H81Cl2NO6S2. The number of hydrogen-bond acceptors (Lipinski definition) is 7. The van der Waals surface area contributed by atoms with Crippen molar-refractivity contribution >= 4 is 42.9 Å². The summed E-state index contributed by atoms with van der Waals surface area (Å²) in [5.74, 6) is 3.34. The number of rotatable bonds is 12. The summed E-state index contributed by atoms with van der Waals surface area (Å²) >= 11 is 11.6. The summed E-state index contributed by atoms with van der Waals surface area (Å²) in [6, 6.07) is 56.4. The number of sulfone groups is 2. The molecule has 0 amide bonds. The maximum Gasteiger partial charge on any atom is 0.178 e. The summed E-state index contributed by atoms with van der Waals surface area (Å²) in [7, 11) is -2.77. The highest BCUT2D eigenvalue weighted by Crippen LogP contribution is 2.22. The van der Waals surface area contributed by atoms with E-state index in [-0.39, 0.29) is 10.6 Å². The zero-order valence-electron chi connectivity index (χ0n) is 46.5. The molecule has 0 aliphatic carbocycles. The van der Waals surface area contributed by atoms with E-state index in [0.717, 1.165) is 70.9 Å². The Morgan fingerprint density at radius 2 is 0.947 bits per heavy atom. The van der Waals surface area contributed by atoms with Crippen LogP contribution in [-0.2, 0) is 51.8 Å². The van der Waals surface area contributed by atoms with Crippen molar-refractivity contribution in [1.29, 1.82) is 5.26 Å². The van der Waals surface area contributed by atoms with Gasteiger partial charge in [-0.05, 0) is 144 Å². The summed E-state index contributed by atoms with van der Waals surface area (Å²) in [5, 5.41) is 9.93. The van der Waals surface area contributed by atoms with Crippen molar-refractivity contribution in [2.45, 2.75) is 123 Å². The van der Waals surface area contributed by atoms with Crippen LogP contribution in [0.4, 0.5) is 0 Å². The average molecular weight is 1100 g/mol. The normalized spacial score (nSPS) is 10.3. The molecule has 0 aliphatic rings. The minimum absolute atomic E-state index is 0.165. The smallest absolute Gasteiger partial charge is 0.178 e. The number of benzene rings is 7. The van der Waals surface area contributed by atoms with Crippen molar-refractivity contribution in [3.05, 3.63) is 224 Å². The maximum atomic E-state index is 11.4. The van der Waals surface area contributed by atoms with Gasteiger partial charge in [-0.3, -0.25) is 0 Å². The van der Waals surface area contributed by atoms with Crippen LogP contribution in [0.25, 0.3) is 0 Å². The van der Waals surface area contributed by atoms with Gasteiger partial charge in [-0.2, -0.15) is 5.26 Å². The van der Waals surface area contributed by atoms with E-state index in [1.54, 1.807) is 45.4 Å². The maximum absolute atomic E-state index is 11.4. The van der Waals surface area contributed by atoms with Crippen LogP contribution in [0.1, 0.15) is 126 Å². The molecule has 0 radical (unpaired) electrons. The minimum Gasteiger partial charge on any atom is -0.497 e. The number of nitriles is 1. The molecule has 0 bridgehead atoms. The highest BCUT2D eigenvalue weighted by Gasteiger charge is 2.11. The molecular weight excluding hydrogens is 1010 g/mol. The Hall–Kier alpha value is -5.89. The Bertz CT molecular complexity index is 2870. The summed E-state index contributed by atoms with van der Waals surface area (Å²) in [6.07, 6.45) is 5.97. The lowest BCUT2D eigenvalue weighted by molar-refractivity contribution is 0.410. The summed E-state index contributed by atoms with van der Waals surface area (Å²) in [6.45, 7) is 20.7. The molecule has 0 N–H and O–H groups in total. The molecule has 0 unspecified atom stereocenters. The Kier molecular flexibility index (Phi) is 33.1. The van der Waals surface area contributed by atoms with Crippen molar-refractivity contribution in [3.8, 4) is 17.6 Å². The van der Waals surface area contributed by atoms with E-state index in [1.807, 2.05) is 98.8 Å². The van der Waals surface area contributed by atoms with Crippen LogP contribution in [0.15, 0.2) is 180 Å². The Morgan fingerprint density at radius 3 is 1.33 bits per heavy atom. The third-order valence-electron chi connectivity index (χ3n) is 11.6. The highest BCUT2D eigenvalue weighted by atomic mass is 35.5. The quantitative estimate of drug-likeness (QED) is 0.120. The van der Waals surface area contributed by atoms with Gasteiger partial charge in [0.25, 0.3) is 0 Å².